The summed E-state index contributed by atoms with van der Waals surface area (Å²) in [6.07, 6.45) is -0.188. The molecule has 0 spiro atoms. The molecule has 0 aliphatic heterocycles. The van der Waals surface area contributed by atoms with E-state index < -0.39 is 0 Å². The van der Waals surface area contributed by atoms with Gasteiger partial charge in [0.15, 0.2) is 0 Å². The maximum Gasteiger partial charge on any atom is 0.410 e. The van der Waals surface area contributed by atoms with Crippen molar-refractivity contribution in [3.8, 4) is 0 Å². The first-order valence-corrected chi connectivity index (χ1v) is 5.78. The van der Waals surface area contributed by atoms with Crippen LogP contribution in [0.25, 0.3) is 0 Å². The van der Waals surface area contributed by atoms with E-state index in [0.717, 1.165) is 6.54 Å². The highest BCUT2D eigenvalue weighted by atomic mass is 16.6. The van der Waals surface area contributed by atoms with Crippen molar-refractivity contribution in [1.82, 2.24) is 4.90 Å². The maximum absolute atomic E-state index is 11.7. The molecule has 90 valence electrons. The standard InChI is InChI=1S/C12H25NO2/c1-9(2)7-13(11(5)6)12(14)15-8-10(3)4/h9-11H,7-8H2,1-6H3. The van der Waals surface area contributed by atoms with E-state index in [1.807, 2.05) is 27.7 Å². The Hall–Kier alpha value is -0.730. The molecular formula is C12H25NO2. The first kappa shape index (κ1) is 14.3. The Morgan fingerprint density at radius 3 is 1.93 bits per heavy atom. The largest absolute Gasteiger partial charge is 0.449 e. The van der Waals surface area contributed by atoms with Gasteiger partial charge in [0.2, 0.25) is 0 Å². The first-order chi connectivity index (χ1) is 6.84. The third-order valence-corrected chi connectivity index (χ3v) is 1.96. The molecule has 3 nitrogen and oxygen atoms in total. The second kappa shape index (κ2) is 6.70. The molecule has 0 N–H and O–H groups in total. The summed E-state index contributed by atoms with van der Waals surface area (Å²) in [7, 11) is 0. The third kappa shape index (κ3) is 6.37. The lowest BCUT2D eigenvalue weighted by Gasteiger charge is -2.27. The number of ether oxygens (including phenoxy) is 1. The smallest absolute Gasteiger partial charge is 0.410 e. The Morgan fingerprint density at radius 1 is 1.07 bits per heavy atom. The van der Waals surface area contributed by atoms with Crippen molar-refractivity contribution in [2.24, 2.45) is 11.8 Å². The Morgan fingerprint density at radius 2 is 1.60 bits per heavy atom. The molecule has 0 aliphatic rings. The Labute approximate surface area is 93.8 Å². The summed E-state index contributed by atoms with van der Waals surface area (Å²) in [5.74, 6) is 0.862. The highest BCUT2D eigenvalue weighted by Gasteiger charge is 2.19. The van der Waals surface area contributed by atoms with Gasteiger partial charge in [0.05, 0.1) is 6.61 Å². The Kier molecular flexibility index (Phi) is 6.37. The predicted molar refractivity (Wildman–Crippen MR) is 62.9 cm³/mol. The van der Waals surface area contributed by atoms with Gasteiger partial charge in [0.1, 0.15) is 0 Å². The fourth-order valence-electron chi connectivity index (χ4n) is 1.21. The van der Waals surface area contributed by atoms with E-state index in [1.165, 1.54) is 0 Å². The van der Waals surface area contributed by atoms with Gasteiger partial charge in [0.25, 0.3) is 0 Å². The van der Waals surface area contributed by atoms with Gasteiger partial charge in [-0.3, -0.25) is 0 Å². The van der Waals surface area contributed by atoms with E-state index in [0.29, 0.717) is 18.4 Å². The van der Waals surface area contributed by atoms with Gasteiger partial charge in [0, 0.05) is 12.6 Å². The van der Waals surface area contributed by atoms with Crippen LogP contribution >= 0.6 is 0 Å². The molecule has 1 amide bonds. The molecule has 0 saturated heterocycles. The number of carbonyl (C=O) groups is 1. The molecule has 0 aromatic carbocycles. The number of rotatable bonds is 5. The van der Waals surface area contributed by atoms with Crippen molar-refractivity contribution in [3.05, 3.63) is 0 Å². The van der Waals surface area contributed by atoms with Crippen LogP contribution in [-0.2, 0) is 4.74 Å². The van der Waals surface area contributed by atoms with Crippen LogP contribution in [0.2, 0.25) is 0 Å². The molecule has 0 bridgehead atoms. The third-order valence-electron chi connectivity index (χ3n) is 1.96. The summed E-state index contributed by atoms with van der Waals surface area (Å²) < 4.78 is 5.21. The van der Waals surface area contributed by atoms with Crippen LogP contribution in [0.5, 0.6) is 0 Å². The summed E-state index contributed by atoms with van der Waals surface area (Å²) in [5, 5.41) is 0. The quantitative estimate of drug-likeness (QED) is 0.705. The number of nitrogens with zero attached hydrogens (tertiary/aromatic N) is 1. The van der Waals surface area contributed by atoms with Crippen molar-refractivity contribution < 1.29 is 9.53 Å². The van der Waals surface area contributed by atoms with Crippen LogP contribution in [0.15, 0.2) is 0 Å². The van der Waals surface area contributed by atoms with Crippen molar-refractivity contribution in [2.45, 2.75) is 47.6 Å². The molecule has 0 aromatic rings. The molecule has 15 heavy (non-hydrogen) atoms. The fourth-order valence-corrected chi connectivity index (χ4v) is 1.21. The van der Waals surface area contributed by atoms with Crippen LogP contribution in [0, 0.1) is 11.8 Å². The topological polar surface area (TPSA) is 29.5 Å². The van der Waals surface area contributed by atoms with Crippen LogP contribution < -0.4 is 0 Å². The zero-order chi connectivity index (χ0) is 12.0. The van der Waals surface area contributed by atoms with E-state index >= 15 is 0 Å². The van der Waals surface area contributed by atoms with E-state index in [2.05, 4.69) is 13.8 Å². The van der Waals surface area contributed by atoms with Crippen molar-refractivity contribution >= 4 is 6.09 Å². The SMILES string of the molecule is CC(C)COC(=O)N(CC(C)C)C(C)C. The van der Waals surface area contributed by atoms with Gasteiger partial charge in [-0.15, -0.1) is 0 Å². The highest BCUT2D eigenvalue weighted by molar-refractivity contribution is 5.67. The summed E-state index contributed by atoms with van der Waals surface area (Å²) in [6.45, 7) is 13.6. The summed E-state index contributed by atoms with van der Waals surface area (Å²) in [5.41, 5.74) is 0. The average Bonchev–Trinajstić information content (AvgIpc) is 2.09. The van der Waals surface area contributed by atoms with Crippen LogP contribution in [0.3, 0.4) is 0 Å². The lowest BCUT2D eigenvalue weighted by Crippen LogP contribution is -2.40. The lowest BCUT2D eigenvalue weighted by molar-refractivity contribution is 0.0777. The van der Waals surface area contributed by atoms with Gasteiger partial charge in [-0.25, -0.2) is 4.79 Å². The molecule has 0 radical (unpaired) electrons. The summed E-state index contributed by atoms with van der Waals surface area (Å²) >= 11 is 0. The van der Waals surface area contributed by atoms with Gasteiger partial charge in [-0.05, 0) is 25.7 Å². The van der Waals surface area contributed by atoms with Gasteiger partial charge in [-0.1, -0.05) is 27.7 Å². The first-order valence-electron chi connectivity index (χ1n) is 5.78. The number of amides is 1. The molecule has 0 aliphatic carbocycles. The minimum Gasteiger partial charge on any atom is -0.449 e. The van der Waals surface area contributed by atoms with Crippen molar-refractivity contribution in [3.63, 3.8) is 0 Å². The Balaban J connectivity index is 4.17. The number of hydrogen-bond donors (Lipinski definition) is 0. The normalized spacial score (nSPS) is 11.3. The monoisotopic (exact) mass is 215 g/mol. The minimum atomic E-state index is -0.188. The van der Waals surface area contributed by atoms with Gasteiger partial charge < -0.3 is 9.64 Å². The maximum atomic E-state index is 11.7. The zero-order valence-electron chi connectivity index (χ0n) is 10.9. The van der Waals surface area contributed by atoms with Gasteiger partial charge >= 0.3 is 6.09 Å². The molecule has 0 aromatic heterocycles. The van der Waals surface area contributed by atoms with Crippen LogP contribution in [0.1, 0.15) is 41.5 Å². The van der Waals surface area contributed by atoms with Gasteiger partial charge in [-0.2, -0.15) is 0 Å². The molecule has 0 fully saturated rings. The van der Waals surface area contributed by atoms with E-state index in [-0.39, 0.29) is 12.1 Å². The second-order valence-corrected chi connectivity index (χ2v) is 5.11. The number of carbonyl (C=O) groups excluding carboxylic acids is 1. The Bertz CT molecular complexity index is 188. The van der Waals surface area contributed by atoms with E-state index in [9.17, 15) is 4.79 Å². The average molecular weight is 215 g/mol. The molecule has 0 atom stereocenters. The molecule has 3 heteroatoms. The molecule has 0 rings (SSSR count). The molecule has 0 unspecified atom stereocenters. The summed E-state index contributed by atoms with van der Waals surface area (Å²) in [6, 6.07) is 0.201. The highest BCUT2D eigenvalue weighted by Crippen LogP contribution is 2.07. The zero-order valence-corrected chi connectivity index (χ0v) is 10.9. The van der Waals surface area contributed by atoms with E-state index in [4.69, 9.17) is 4.74 Å². The fraction of sp³-hybridized carbons (Fsp3) is 0.917. The van der Waals surface area contributed by atoms with Crippen LogP contribution in [0.4, 0.5) is 4.79 Å². The van der Waals surface area contributed by atoms with Crippen LogP contribution in [-0.4, -0.2) is 30.2 Å². The van der Waals surface area contributed by atoms with E-state index in [1.54, 1.807) is 4.90 Å². The number of hydrogen-bond acceptors (Lipinski definition) is 2. The van der Waals surface area contributed by atoms with Crippen molar-refractivity contribution in [1.29, 1.82) is 0 Å². The molecular weight excluding hydrogens is 190 g/mol. The molecule has 0 saturated carbocycles. The van der Waals surface area contributed by atoms with Crippen molar-refractivity contribution in [2.75, 3.05) is 13.2 Å². The second-order valence-electron chi connectivity index (χ2n) is 5.11. The minimum absolute atomic E-state index is 0.188. The lowest BCUT2D eigenvalue weighted by atomic mass is 10.2. The summed E-state index contributed by atoms with van der Waals surface area (Å²) in [4.78, 5) is 13.5. The molecule has 0 heterocycles. The predicted octanol–water partition coefficient (Wildman–Crippen LogP) is 3.15.